The van der Waals surface area contributed by atoms with E-state index in [9.17, 15) is 4.79 Å². The van der Waals surface area contributed by atoms with Crippen molar-refractivity contribution < 1.29 is 9.53 Å². The molecule has 0 aliphatic heterocycles. The Kier molecular flexibility index (Phi) is 4.01. The van der Waals surface area contributed by atoms with Gasteiger partial charge in [0.25, 0.3) is 0 Å². The molecule has 1 N–H and O–H groups in total. The maximum Gasteiger partial charge on any atom is 0.319 e. The molecule has 2 rings (SSSR count). The van der Waals surface area contributed by atoms with Crippen LogP contribution in [0.1, 0.15) is 44.9 Å². The zero-order chi connectivity index (χ0) is 10.5. The van der Waals surface area contributed by atoms with E-state index in [1.165, 1.54) is 38.5 Å². The molecular formula is C12H21NO2. The molecular weight excluding hydrogens is 190 g/mol. The first-order chi connectivity index (χ1) is 7.34. The van der Waals surface area contributed by atoms with E-state index in [1.54, 1.807) is 0 Å². The summed E-state index contributed by atoms with van der Waals surface area (Å²) in [5.74, 6) is 0.767. The summed E-state index contributed by atoms with van der Waals surface area (Å²) in [5, 5.41) is 3.26. The largest absolute Gasteiger partial charge is 0.465 e. The van der Waals surface area contributed by atoms with Crippen molar-refractivity contribution in [3.05, 3.63) is 0 Å². The Morgan fingerprint density at radius 1 is 1.20 bits per heavy atom. The normalized spacial score (nSPS) is 21.9. The highest BCUT2D eigenvalue weighted by molar-refractivity contribution is 5.71. The molecule has 2 aliphatic carbocycles. The summed E-state index contributed by atoms with van der Waals surface area (Å²) >= 11 is 0. The number of nitrogens with one attached hydrogen (secondary N) is 1. The Balaban J connectivity index is 1.47. The Labute approximate surface area is 91.6 Å². The molecule has 2 fully saturated rings. The first-order valence-electron chi connectivity index (χ1n) is 6.23. The van der Waals surface area contributed by atoms with Crippen molar-refractivity contribution in [1.29, 1.82) is 0 Å². The van der Waals surface area contributed by atoms with Crippen LogP contribution < -0.4 is 5.32 Å². The van der Waals surface area contributed by atoms with Gasteiger partial charge in [0, 0.05) is 6.04 Å². The van der Waals surface area contributed by atoms with Gasteiger partial charge in [0.1, 0.15) is 0 Å². The van der Waals surface area contributed by atoms with Crippen LogP contribution in [0.4, 0.5) is 0 Å². The molecule has 15 heavy (non-hydrogen) atoms. The first kappa shape index (κ1) is 10.9. The van der Waals surface area contributed by atoms with Crippen molar-refractivity contribution in [3.63, 3.8) is 0 Å². The van der Waals surface area contributed by atoms with Crippen LogP contribution in [-0.4, -0.2) is 25.2 Å². The number of carbonyl (C=O) groups excluding carboxylic acids is 1. The Morgan fingerprint density at radius 3 is 2.60 bits per heavy atom. The van der Waals surface area contributed by atoms with Gasteiger partial charge >= 0.3 is 5.97 Å². The zero-order valence-corrected chi connectivity index (χ0v) is 9.34. The van der Waals surface area contributed by atoms with Crippen LogP contribution in [0, 0.1) is 5.92 Å². The summed E-state index contributed by atoms with van der Waals surface area (Å²) in [6, 6.07) is 0.556. The molecule has 0 heterocycles. The molecule has 0 aromatic heterocycles. The maximum atomic E-state index is 11.3. The van der Waals surface area contributed by atoms with Gasteiger partial charge in [-0.15, -0.1) is 0 Å². The van der Waals surface area contributed by atoms with Crippen LogP contribution in [0.2, 0.25) is 0 Å². The smallest absolute Gasteiger partial charge is 0.319 e. The molecule has 2 aliphatic rings. The second-order valence-electron chi connectivity index (χ2n) is 4.81. The summed E-state index contributed by atoms with van der Waals surface area (Å²) in [5.41, 5.74) is 0. The van der Waals surface area contributed by atoms with E-state index in [1.807, 2.05) is 0 Å². The molecule has 3 nitrogen and oxygen atoms in total. The molecule has 0 spiro atoms. The van der Waals surface area contributed by atoms with Crippen molar-refractivity contribution in [2.24, 2.45) is 5.92 Å². The summed E-state index contributed by atoms with van der Waals surface area (Å²) in [7, 11) is 0. The van der Waals surface area contributed by atoms with E-state index in [0.717, 1.165) is 12.3 Å². The molecule has 86 valence electrons. The standard InChI is InChI=1S/C12H21NO2/c14-12(15-8-7-10-5-6-10)9-13-11-3-1-2-4-11/h10-11,13H,1-9H2. The van der Waals surface area contributed by atoms with Gasteiger partial charge in [0.15, 0.2) is 0 Å². The quantitative estimate of drug-likeness (QED) is 0.681. The molecule has 2 saturated carbocycles. The van der Waals surface area contributed by atoms with E-state index in [-0.39, 0.29) is 5.97 Å². The van der Waals surface area contributed by atoms with E-state index in [2.05, 4.69) is 5.32 Å². The Bertz CT molecular complexity index is 208. The van der Waals surface area contributed by atoms with Gasteiger partial charge in [-0.25, -0.2) is 0 Å². The number of carbonyl (C=O) groups is 1. The predicted molar refractivity (Wildman–Crippen MR) is 58.6 cm³/mol. The zero-order valence-electron chi connectivity index (χ0n) is 9.34. The van der Waals surface area contributed by atoms with Crippen LogP contribution in [0.5, 0.6) is 0 Å². The van der Waals surface area contributed by atoms with Crippen molar-refractivity contribution in [1.82, 2.24) is 5.32 Å². The lowest BCUT2D eigenvalue weighted by molar-refractivity contribution is -0.142. The summed E-state index contributed by atoms with van der Waals surface area (Å²) < 4.78 is 5.15. The van der Waals surface area contributed by atoms with Crippen LogP contribution >= 0.6 is 0 Å². The van der Waals surface area contributed by atoms with Crippen molar-refractivity contribution >= 4 is 5.97 Å². The minimum absolute atomic E-state index is 0.0810. The maximum absolute atomic E-state index is 11.3. The Hall–Kier alpha value is -0.570. The average Bonchev–Trinajstić information content (AvgIpc) is 2.91. The molecule has 0 saturated heterocycles. The highest BCUT2D eigenvalue weighted by atomic mass is 16.5. The lowest BCUT2D eigenvalue weighted by Gasteiger charge is -2.11. The van der Waals surface area contributed by atoms with Gasteiger partial charge in [-0.1, -0.05) is 25.7 Å². The number of hydrogen-bond donors (Lipinski definition) is 1. The fourth-order valence-corrected chi connectivity index (χ4v) is 2.15. The summed E-state index contributed by atoms with van der Waals surface area (Å²) in [6.45, 7) is 1.02. The fraction of sp³-hybridized carbons (Fsp3) is 0.917. The molecule has 3 heteroatoms. The van der Waals surface area contributed by atoms with Gasteiger partial charge in [-0.05, 0) is 25.2 Å². The highest BCUT2D eigenvalue weighted by Crippen LogP contribution is 2.32. The number of esters is 1. The second-order valence-corrected chi connectivity index (χ2v) is 4.81. The van der Waals surface area contributed by atoms with Gasteiger partial charge in [0.2, 0.25) is 0 Å². The number of hydrogen-bond acceptors (Lipinski definition) is 3. The highest BCUT2D eigenvalue weighted by Gasteiger charge is 2.21. The van der Waals surface area contributed by atoms with Crippen molar-refractivity contribution in [2.45, 2.75) is 51.0 Å². The van der Waals surface area contributed by atoms with Gasteiger partial charge in [-0.3, -0.25) is 4.79 Å². The number of rotatable bonds is 6. The number of ether oxygens (including phenoxy) is 1. The van der Waals surface area contributed by atoms with Crippen LogP contribution in [0.25, 0.3) is 0 Å². The third-order valence-electron chi connectivity index (χ3n) is 3.38. The van der Waals surface area contributed by atoms with Gasteiger partial charge in [-0.2, -0.15) is 0 Å². The molecule has 0 unspecified atom stereocenters. The van der Waals surface area contributed by atoms with E-state index in [0.29, 0.717) is 19.2 Å². The topological polar surface area (TPSA) is 38.3 Å². The molecule has 0 atom stereocenters. The average molecular weight is 211 g/mol. The van der Waals surface area contributed by atoms with Crippen molar-refractivity contribution in [2.75, 3.05) is 13.2 Å². The second kappa shape index (κ2) is 5.50. The van der Waals surface area contributed by atoms with Gasteiger partial charge < -0.3 is 10.1 Å². The van der Waals surface area contributed by atoms with Crippen LogP contribution in [-0.2, 0) is 9.53 Å². The van der Waals surface area contributed by atoms with E-state index >= 15 is 0 Å². The molecule has 0 aromatic rings. The predicted octanol–water partition coefficient (Wildman–Crippen LogP) is 1.86. The van der Waals surface area contributed by atoms with E-state index in [4.69, 9.17) is 4.74 Å². The summed E-state index contributed by atoms with van der Waals surface area (Å²) in [4.78, 5) is 11.3. The SMILES string of the molecule is O=C(CNC1CCCC1)OCCC1CC1. The lowest BCUT2D eigenvalue weighted by atomic mass is 10.2. The first-order valence-corrected chi connectivity index (χ1v) is 6.23. The van der Waals surface area contributed by atoms with Crippen LogP contribution in [0.3, 0.4) is 0 Å². The third kappa shape index (κ3) is 4.20. The molecule has 0 bridgehead atoms. The summed E-state index contributed by atoms with van der Waals surface area (Å²) in [6.07, 6.45) is 8.76. The minimum Gasteiger partial charge on any atom is -0.465 e. The fourth-order valence-electron chi connectivity index (χ4n) is 2.15. The molecule has 0 amide bonds. The van der Waals surface area contributed by atoms with Crippen LogP contribution in [0.15, 0.2) is 0 Å². The van der Waals surface area contributed by atoms with E-state index < -0.39 is 0 Å². The third-order valence-corrected chi connectivity index (χ3v) is 3.38. The Morgan fingerprint density at radius 2 is 1.93 bits per heavy atom. The minimum atomic E-state index is -0.0810. The van der Waals surface area contributed by atoms with Gasteiger partial charge in [0.05, 0.1) is 13.2 Å². The molecule has 0 aromatic carbocycles. The monoisotopic (exact) mass is 211 g/mol. The lowest BCUT2D eigenvalue weighted by Crippen LogP contribution is -2.32. The molecule has 0 radical (unpaired) electrons. The van der Waals surface area contributed by atoms with Crippen molar-refractivity contribution in [3.8, 4) is 0 Å².